The molecule has 0 aliphatic carbocycles. The first-order valence-corrected chi connectivity index (χ1v) is 8.27. The van der Waals surface area contributed by atoms with Crippen molar-refractivity contribution in [3.63, 3.8) is 0 Å². The number of piperidine rings is 1. The normalized spacial score (nSPS) is 19.6. The van der Waals surface area contributed by atoms with Crippen LogP contribution < -0.4 is 5.32 Å². The van der Waals surface area contributed by atoms with Crippen LogP contribution >= 0.6 is 0 Å². The molecule has 1 saturated heterocycles. The summed E-state index contributed by atoms with van der Waals surface area (Å²) in [5.74, 6) is -1.32. The van der Waals surface area contributed by atoms with Gasteiger partial charge in [-0.3, -0.25) is 4.79 Å². The first-order chi connectivity index (χ1) is 10.4. The van der Waals surface area contributed by atoms with Crippen LogP contribution in [0.3, 0.4) is 0 Å². The van der Waals surface area contributed by atoms with E-state index in [0.29, 0.717) is 12.8 Å². The van der Waals surface area contributed by atoms with Gasteiger partial charge in [-0.05, 0) is 25.0 Å². The predicted molar refractivity (Wildman–Crippen MR) is 75.6 cm³/mol. The fraction of sp³-hybridized carbons (Fsp3) is 0.538. The number of hydrogen-bond donors (Lipinski definition) is 1. The first-order valence-electron chi connectivity index (χ1n) is 6.83. The van der Waals surface area contributed by atoms with E-state index in [4.69, 9.17) is 4.42 Å². The van der Waals surface area contributed by atoms with Crippen LogP contribution in [-0.4, -0.2) is 51.3 Å². The molecule has 2 heterocycles. The zero-order valence-corrected chi connectivity index (χ0v) is 13.2. The Hall–Kier alpha value is -1.87. The predicted octanol–water partition coefficient (Wildman–Crippen LogP) is 0.355. The lowest BCUT2D eigenvalue weighted by atomic mass is 10.0. The molecule has 1 aliphatic rings. The molecular weight excluding hydrogens is 312 g/mol. The molecule has 0 saturated carbocycles. The largest absolute Gasteiger partial charge is 0.463 e. The molecule has 1 atom stereocenters. The summed E-state index contributed by atoms with van der Waals surface area (Å²) in [5.41, 5.74) is 0. The molecular formula is C13H18N2O6S. The molecule has 122 valence electrons. The van der Waals surface area contributed by atoms with Gasteiger partial charge in [0, 0.05) is 13.6 Å². The van der Waals surface area contributed by atoms with Crippen LogP contribution in [0.4, 0.5) is 0 Å². The number of carbonyl (C=O) groups excluding carboxylic acids is 2. The maximum Gasteiger partial charge on any atom is 0.374 e. The Bertz CT molecular complexity index is 666. The fourth-order valence-electron chi connectivity index (χ4n) is 2.41. The summed E-state index contributed by atoms with van der Waals surface area (Å²) in [7, 11) is -1.35. The van der Waals surface area contributed by atoms with Crippen LogP contribution in [-0.2, 0) is 19.6 Å². The highest BCUT2D eigenvalue weighted by Crippen LogP contribution is 2.26. The number of sulfonamides is 1. The topological polar surface area (TPSA) is 106 Å². The highest BCUT2D eigenvalue weighted by molar-refractivity contribution is 7.89. The summed E-state index contributed by atoms with van der Waals surface area (Å²) in [6.45, 7) is 0.231. The molecule has 0 radical (unpaired) electrons. The van der Waals surface area contributed by atoms with Gasteiger partial charge in [0.25, 0.3) is 10.0 Å². The second kappa shape index (κ2) is 6.49. The van der Waals surface area contributed by atoms with E-state index >= 15 is 0 Å². The molecule has 9 heteroatoms. The van der Waals surface area contributed by atoms with E-state index < -0.39 is 22.0 Å². The Kier molecular flexibility index (Phi) is 4.87. The lowest BCUT2D eigenvalue weighted by Crippen LogP contribution is -2.51. The summed E-state index contributed by atoms with van der Waals surface area (Å²) in [6.07, 6.45) is 1.89. The van der Waals surface area contributed by atoms with E-state index in [2.05, 4.69) is 10.1 Å². The van der Waals surface area contributed by atoms with Crippen molar-refractivity contribution in [3.05, 3.63) is 17.9 Å². The molecule has 1 fully saturated rings. The molecule has 1 aromatic heterocycles. The molecule has 1 amide bonds. The van der Waals surface area contributed by atoms with Crippen molar-refractivity contribution in [1.82, 2.24) is 9.62 Å². The zero-order chi connectivity index (χ0) is 16.3. The van der Waals surface area contributed by atoms with E-state index in [1.165, 1.54) is 26.3 Å². The third kappa shape index (κ3) is 3.00. The Morgan fingerprint density at radius 1 is 1.36 bits per heavy atom. The second-order valence-corrected chi connectivity index (χ2v) is 6.67. The number of rotatable bonds is 4. The fourth-order valence-corrected chi connectivity index (χ4v) is 3.98. The van der Waals surface area contributed by atoms with Crippen molar-refractivity contribution in [3.8, 4) is 0 Å². The number of hydrogen-bond acceptors (Lipinski definition) is 6. The SMILES string of the molecule is CNC(=O)[C@@H]1CCCCN1S(=O)(=O)c1ccc(C(=O)OC)o1. The number of esters is 1. The molecule has 22 heavy (non-hydrogen) atoms. The summed E-state index contributed by atoms with van der Waals surface area (Å²) in [4.78, 5) is 23.3. The molecule has 0 bridgehead atoms. The van der Waals surface area contributed by atoms with Crippen LogP contribution in [0.15, 0.2) is 21.6 Å². The maximum atomic E-state index is 12.6. The third-order valence-corrected chi connectivity index (χ3v) is 5.32. The van der Waals surface area contributed by atoms with Crippen LogP contribution in [0.2, 0.25) is 0 Å². The number of likely N-dealkylation sites (N-methyl/N-ethyl adjacent to an activating group) is 1. The quantitative estimate of drug-likeness (QED) is 0.799. The lowest BCUT2D eigenvalue weighted by Gasteiger charge is -2.32. The minimum Gasteiger partial charge on any atom is -0.463 e. The van der Waals surface area contributed by atoms with Gasteiger partial charge in [-0.1, -0.05) is 6.42 Å². The van der Waals surface area contributed by atoms with Crippen LogP contribution in [0, 0.1) is 0 Å². The number of nitrogens with one attached hydrogen (secondary N) is 1. The monoisotopic (exact) mass is 330 g/mol. The summed E-state index contributed by atoms with van der Waals surface area (Å²) in [5, 5.41) is 2.10. The number of methoxy groups -OCH3 is 1. The molecule has 1 aliphatic heterocycles. The average Bonchev–Trinajstić information content (AvgIpc) is 3.04. The Morgan fingerprint density at radius 2 is 2.09 bits per heavy atom. The maximum absolute atomic E-state index is 12.6. The Labute approximate surface area is 128 Å². The van der Waals surface area contributed by atoms with Gasteiger partial charge >= 0.3 is 5.97 Å². The molecule has 0 spiro atoms. The van der Waals surface area contributed by atoms with E-state index in [0.717, 1.165) is 10.7 Å². The van der Waals surface area contributed by atoms with Gasteiger partial charge in [0.2, 0.25) is 16.8 Å². The number of amides is 1. The molecule has 0 aromatic carbocycles. The van der Waals surface area contributed by atoms with E-state index in [1.807, 2.05) is 0 Å². The minimum absolute atomic E-state index is 0.199. The van der Waals surface area contributed by atoms with Gasteiger partial charge in [0.15, 0.2) is 0 Å². The molecule has 8 nitrogen and oxygen atoms in total. The van der Waals surface area contributed by atoms with Crippen molar-refractivity contribution in [2.45, 2.75) is 30.4 Å². The van der Waals surface area contributed by atoms with E-state index in [-0.39, 0.29) is 23.3 Å². The highest BCUT2D eigenvalue weighted by Gasteiger charge is 2.39. The number of carbonyl (C=O) groups is 2. The summed E-state index contributed by atoms with van der Waals surface area (Å²) in [6, 6.07) is 1.66. The molecule has 2 rings (SSSR count). The number of nitrogens with zero attached hydrogens (tertiary/aromatic N) is 1. The average molecular weight is 330 g/mol. The Balaban J connectivity index is 2.33. The first kappa shape index (κ1) is 16.5. The van der Waals surface area contributed by atoms with Crippen molar-refractivity contribution in [2.24, 2.45) is 0 Å². The number of furan rings is 1. The van der Waals surface area contributed by atoms with Crippen molar-refractivity contribution >= 4 is 21.9 Å². The molecule has 1 aromatic rings. The molecule has 1 N–H and O–H groups in total. The van der Waals surface area contributed by atoms with Gasteiger partial charge in [-0.2, -0.15) is 4.31 Å². The lowest BCUT2D eigenvalue weighted by molar-refractivity contribution is -0.125. The van der Waals surface area contributed by atoms with Gasteiger partial charge in [-0.15, -0.1) is 0 Å². The zero-order valence-electron chi connectivity index (χ0n) is 12.4. The second-order valence-electron chi connectivity index (χ2n) is 4.85. The molecule has 0 unspecified atom stereocenters. The van der Waals surface area contributed by atoms with Crippen molar-refractivity contribution in [2.75, 3.05) is 20.7 Å². The number of ether oxygens (including phenoxy) is 1. The van der Waals surface area contributed by atoms with Crippen LogP contribution in [0.1, 0.15) is 29.8 Å². The standard InChI is InChI=1S/C13H18N2O6S/c1-14-12(16)9-5-3-4-8-15(9)22(18,19)11-7-6-10(21-11)13(17)20-2/h6-7,9H,3-5,8H2,1-2H3,(H,14,16)/t9-/m0/s1. The van der Waals surface area contributed by atoms with E-state index in [9.17, 15) is 18.0 Å². The summed E-state index contributed by atoms with van der Waals surface area (Å²) >= 11 is 0. The summed E-state index contributed by atoms with van der Waals surface area (Å²) < 4.78 is 36.0. The minimum atomic E-state index is -3.99. The highest BCUT2D eigenvalue weighted by atomic mass is 32.2. The van der Waals surface area contributed by atoms with Crippen molar-refractivity contribution in [1.29, 1.82) is 0 Å². The van der Waals surface area contributed by atoms with Gasteiger partial charge in [0.05, 0.1) is 7.11 Å². The van der Waals surface area contributed by atoms with Crippen LogP contribution in [0.25, 0.3) is 0 Å². The third-order valence-electron chi connectivity index (χ3n) is 3.53. The van der Waals surface area contributed by atoms with Gasteiger partial charge in [-0.25, -0.2) is 13.2 Å². The van der Waals surface area contributed by atoms with E-state index in [1.54, 1.807) is 0 Å². The van der Waals surface area contributed by atoms with Gasteiger partial charge in [0.1, 0.15) is 6.04 Å². The van der Waals surface area contributed by atoms with Gasteiger partial charge < -0.3 is 14.5 Å². The smallest absolute Gasteiger partial charge is 0.374 e. The van der Waals surface area contributed by atoms with Crippen molar-refractivity contribution < 1.29 is 27.2 Å². The Morgan fingerprint density at radius 3 is 2.73 bits per heavy atom. The van der Waals surface area contributed by atoms with Crippen LogP contribution in [0.5, 0.6) is 0 Å².